The fraction of sp³-hybridized carbons (Fsp3) is 0.500. The lowest BCUT2D eigenvalue weighted by molar-refractivity contribution is 0.719. The highest BCUT2D eigenvalue weighted by Gasteiger charge is 2.16. The quantitative estimate of drug-likeness (QED) is 0.686. The number of aromatic amines is 1. The van der Waals surface area contributed by atoms with Crippen molar-refractivity contribution in [3.8, 4) is 0 Å². The minimum atomic E-state index is 0.364. The Hall–Kier alpha value is -1.52. The molecule has 0 aliphatic rings. The first-order valence-electron chi connectivity index (χ1n) is 4.27. The van der Waals surface area contributed by atoms with Crippen LogP contribution >= 0.6 is 0 Å². The Balaban J connectivity index is 2.81. The van der Waals surface area contributed by atoms with E-state index in [-0.39, 0.29) is 0 Å². The zero-order chi connectivity index (χ0) is 9.59. The van der Waals surface area contributed by atoms with E-state index in [9.17, 15) is 0 Å². The molecule has 5 nitrogen and oxygen atoms in total. The van der Waals surface area contributed by atoms with Gasteiger partial charge in [0.05, 0.1) is 11.1 Å². The van der Waals surface area contributed by atoms with Crippen LogP contribution in [0.3, 0.4) is 0 Å². The van der Waals surface area contributed by atoms with Gasteiger partial charge in [-0.05, 0) is 5.92 Å². The van der Waals surface area contributed by atoms with Gasteiger partial charge in [0.2, 0.25) is 0 Å². The third kappa shape index (κ3) is 0.998. The summed E-state index contributed by atoms with van der Waals surface area (Å²) in [5, 5.41) is 12.2. The second-order valence-corrected chi connectivity index (χ2v) is 3.50. The molecule has 2 aromatic heterocycles. The molecule has 3 N–H and O–H groups in total. The number of nitrogens with one attached hydrogen (secondary N) is 1. The highest BCUT2D eigenvalue weighted by atomic mass is 15.3. The summed E-state index contributed by atoms with van der Waals surface area (Å²) in [6.07, 6.45) is 0. The van der Waals surface area contributed by atoms with Crippen molar-refractivity contribution in [1.29, 1.82) is 0 Å². The van der Waals surface area contributed by atoms with E-state index in [1.165, 1.54) is 0 Å². The summed E-state index contributed by atoms with van der Waals surface area (Å²) in [5.41, 5.74) is 7.58. The van der Waals surface area contributed by atoms with Crippen LogP contribution in [0.1, 0.15) is 25.5 Å². The van der Waals surface area contributed by atoms with E-state index < -0.39 is 0 Å². The van der Waals surface area contributed by atoms with Gasteiger partial charge in [-0.25, -0.2) is 4.68 Å². The van der Waals surface area contributed by atoms with Gasteiger partial charge >= 0.3 is 0 Å². The third-order valence-corrected chi connectivity index (χ3v) is 2.14. The van der Waals surface area contributed by atoms with Crippen LogP contribution in [0.25, 0.3) is 11.0 Å². The van der Waals surface area contributed by atoms with Crippen LogP contribution in [-0.2, 0) is 7.05 Å². The van der Waals surface area contributed by atoms with Crippen molar-refractivity contribution in [3.63, 3.8) is 0 Å². The van der Waals surface area contributed by atoms with Crippen LogP contribution in [0.15, 0.2) is 0 Å². The molecule has 0 aliphatic carbocycles. The van der Waals surface area contributed by atoms with Crippen molar-refractivity contribution < 1.29 is 0 Å². The minimum Gasteiger partial charge on any atom is -0.383 e. The number of aryl methyl sites for hydroxylation is 1. The number of rotatable bonds is 1. The maximum absolute atomic E-state index is 5.76. The first-order chi connectivity index (χ1) is 6.11. The van der Waals surface area contributed by atoms with Crippen LogP contribution in [-0.4, -0.2) is 20.0 Å². The maximum Gasteiger partial charge on any atom is 0.181 e. The summed E-state index contributed by atoms with van der Waals surface area (Å²) in [7, 11) is 1.87. The van der Waals surface area contributed by atoms with Crippen molar-refractivity contribution in [2.75, 3.05) is 5.73 Å². The lowest BCUT2D eigenvalue weighted by Crippen LogP contribution is -1.96. The van der Waals surface area contributed by atoms with Gasteiger partial charge in [-0.3, -0.25) is 5.10 Å². The Labute approximate surface area is 75.9 Å². The monoisotopic (exact) mass is 179 g/mol. The smallest absolute Gasteiger partial charge is 0.181 e. The SMILES string of the molecule is CC(C)c1nn(C)c2n[nH]c(N)c12. The zero-order valence-corrected chi connectivity index (χ0v) is 8.00. The van der Waals surface area contributed by atoms with Crippen LogP contribution < -0.4 is 5.73 Å². The normalized spacial score (nSPS) is 11.7. The number of anilines is 1. The fourth-order valence-electron chi connectivity index (χ4n) is 1.50. The van der Waals surface area contributed by atoms with E-state index in [1.807, 2.05) is 7.05 Å². The molecule has 0 aromatic carbocycles. The number of nitrogens with two attached hydrogens (primary N) is 1. The Morgan fingerprint density at radius 3 is 2.77 bits per heavy atom. The molecule has 2 aromatic rings. The molecule has 5 heteroatoms. The lowest BCUT2D eigenvalue weighted by Gasteiger charge is -1.98. The predicted molar refractivity (Wildman–Crippen MR) is 51.4 cm³/mol. The summed E-state index contributed by atoms with van der Waals surface area (Å²) in [6.45, 7) is 4.18. The largest absolute Gasteiger partial charge is 0.383 e. The summed E-state index contributed by atoms with van der Waals surface area (Å²) in [4.78, 5) is 0. The molecule has 2 rings (SSSR count). The molecule has 0 saturated heterocycles. The summed E-state index contributed by atoms with van der Waals surface area (Å²) in [5.74, 6) is 0.968. The molecule has 0 aliphatic heterocycles. The van der Waals surface area contributed by atoms with Crippen LogP contribution in [0, 0.1) is 0 Å². The number of hydrogen-bond donors (Lipinski definition) is 2. The van der Waals surface area contributed by atoms with Crippen LogP contribution in [0.2, 0.25) is 0 Å². The zero-order valence-electron chi connectivity index (χ0n) is 8.00. The standard InChI is InChI=1S/C8H13N5/c1-4(2)6-5-7(9)10-11-8(5)13(3)12-6/h4H,1-3H3,(H3,9,10,11). The van der Waals surface area contributed by atoms with Gasteiger partial charge in [0.25, 0.3) is 0 Å². The third-order valence-electron chi connectivity index (χ3n) is 2.14. The van der Waals surface area contributed by atoms with Gasteiger partial charge in [-0.1, -0.05) is 13.8 Å². The predicted octanol–water partition coefficient (Wildman–Crippen LogP) is 1.00. The lowest BCUT2D eigenvalue weighted by atomic mass is 10.1. The number of fused-ring (bicyclic) bond motifs is 1. The molecule has 0 atom stereocenters. The summed E-state index contributed by atoms with van der Waals surface area (Å²) < 4.78 is 1.75. The maximum atomic E-state index is 5.76. The first-order valence-corrected chi connectivity index (χ1v) is 4.27. The van der Waals surface area contributed by atoms with Crippen molar-refractivity contribution >= 4 is 16.9 Å². The Morgan fingerprint density at radius 1 is 1.46 bits per heavy atom. The van der Waals surface area contributed by atoms with Crippen molar-refractivity contribution in [2.45, 2.75) is 19.8 Å². The molecule has 13 heavy (non-hydrogen) atoms. The average molecular weight is 179 g/mol. The molecule has 0 bridgehead atoms. The van der Waals surface area contributed by atoms with Gasteiger partial charge in [-0.2, -0.15) is 10.2 Å². The van der Waals surface area contributed by atoms with E-state index in [4.69, 9.17) is 5.73 Å². The van der Waals surface area contributed by atoms with Crippen LogP contribution in [0.5, 0.6) is 0 Å². The molecular weight excluding hydrogens is 166 g/mol. The molecule has 0 saturated carbocycles. The average Bonchev–Trinajstić information content (AvgIpc) is 2.55. The Morgan fingerprint density at radius 2 is 2.15 bits per heavy atom. The van der Waals surface area contributed by atoms with E-state index >= 15 is 0 Å². The van der Waals surface area contributed by atoms with Gasteiger partial charge in [0.15, 0.2) is 5.65 Å². The van der Waals surface area contributed by atoms with E-state index in [0.29, 0.717) is 11.7 Å². The molecule has 0 radical (unpaired) electrons. The van der Waals surface area contributed by atoms with Crippen molar-refractivity contribution in [3.05, 3.63) is 5.69 Å². The van der Waals surface area contributed by atoms with Gasteiger partial charge < -0.3 is 5.73 Å². The molecule has 0 spiro atoms. The fourth-order valence-corrected chi connectivity index (χ4v) is 1.50. The van der Waals surface area contributed by atoms with E-state index in [2.05, 4.69) is 29.1 Å². The number of aromatic nitrogens is 4. The first kappa shape index (κ1) is 8.10. The molecule has 70 valence electrons. The van der Waals surface area contributed by atoms with Gasteiger partial charge in [0.1, 0.15) is 5.82 Å². The Kier molecular flexibility index (Phi) is 1.55. The molecule has 2 heterocycles. The van der Waals surface area contributed by atoms with Crippen molar-refractivity contribution in [1.82, 2.24) is 20.0 Å². The molecule has 0 fully saturated rings. The second-order valence-electron chi connectivity index (χ2n) is 3.50. The molecular formula is C8H13N5. The van der Waals surface area contributed by atoms with Gasteiger partial charge in [0, 0.05) is 7.05 Å². The van der Waals surface area contributed by atoms with Crippen molar-refractivity contribution in [2.24, 2.45) is 7.05 Å². The number of nitrogens with zero attached hydrogens (tertiary/aromatic N) is 3. The topological polar surface area (TPSA) is 72.5 Å². The van der Waals surface area contributed by atoms with E-state index in [0.717, 1.165) is 16.7 Å². The summed E-state index contributed by atoms with van der Waals surface area (Å²) in [6, 6.07) is 0. The second kappa shape index (κ2) is 2.48. The molecule has 0 amide bonds. The summed E-state index contributed by atoms with van der Waals surface area (Å²) >= 11 is 0. The molecule has 0 unspecified atom stereocenters. The Bertz CT molecular complexity index is 437. The number of H-pyrrole nitrogens is 1. The number of hydrogen-bond acceptors (Lipinski definition) is 3. The highest BCUT2D eigenvalue weighted by Crippen LogP contribution is 2.26. The number of nitrogen functional groups attached to an aromatic ring is 1. The van der Waals surface area contributed by atoms with Crippen LogP contribution in [0.4, 0.5) is 5.82 Å². The minimum absolute atomic E-state index is 0.364. The van der Waals surface area contributed by atoms with Gasteiger partial charge in [-0.15, -0.1) is 0 Å². The van der Waals surface area contributed by atoms with E-state index in [1.54, 1.807) is 4.68 Å². The highest BCUT2D eigenvalue weighted by molar-refractivity contribution is 5.89.